The third-order valence-corrected chi connectivity index (χ3v) is 7.27. The van der Waals surface area contributed by atoms with Crippen molar-refractivity contribution in [3.63, 3.8) is 0 Å². The van der Waals surface area contributed by atoms with Crippen molar-refractivity contribution in [2.75, 3.05) is 19.0 Å². The number of rotatable bonds is 12. The molecular formula is C34H30Cl2N4O6. The number of nitrogens with one attached hydrogen (secondary N) is 2. The van der Waals surface area contributed by atoms with Gasteiger partial charge in [0.1, 0.15) is 18.1 Å². The number of methoxy groups -OCH3 is 1. The van der Waals surface area contributed by atoms with Gasteiger partial charge in [0, 0.05) is 27.8 Å². The minimum absolute atomic E-state index is 0.0703. The second kappa shape index (κ2) is 14.7. The lowest BCUT2D eigenvalue weighted by Crippen LogP contribution is -2.20. The molecule has 0 aliphatic heterocycles. The number of carbonyl (C=O) groups is 2. The molecule has 2 heterocycles. The van der Waals surface area contributed by atoms with Crippen molar-refractivity contribution in [1.82, 2.24) is 9.99 Å². The summed E-state index contributed by atoms with van der Waals surface area (Å²) in [7, 11) is 1.44. The molecule has 3 aromatic carbocycles. The average molecular weight is 662 g/mol. The van der Waals surface area contributed by atoms with E-state index in [-0.39, 0.29) is 35.5 Å². The number of furan rings is 1. The maximum atomic E-state index is 12.6. The Bertz CT molecular complexity index is 1840. The first kappa shape index (κ1) is 32.2. The second-order valence-electron chi connectivity index (χ2n) is 10.1. The second-order valence-corrected chi connectivity index (χ2v) is 10.9. The Balaban J connectivity index is 1.12. The van der Waals surface area contributed by atoms with Crippen LogP contribution >= 0.6 is 23.2 Å². The summed E-state index contributed by atoms with van der Waals surface area (Å²) in [5.74, 6) is 0.738. The van der Waals surface area contributed by atoms with Gasteiger partial charge >= 0.3 is 5.91 Å². The van der Waals surface area contributed by atoms with E-state index >= 15 is 0 Å². The zero-order chi connectivity index (χ0) is 32.6. The number of hydrogen-bond acceptors (Lipinski definition) is 7. The van der Waals surface area contributed by atoms with Crippen LogP contribution in [0.3, 0.4) is 0 Å². The summed E-state index contributed by atoms with van der Waals surface area (Å²) in [5, 5.41) is 7.44. The van der Waals surface area contributed by atoms with Gasteiger partial charge < -0.3 is 28.5 Å². The molecule has 0 unspecified atom stereocenters. The van der Waals surface area contributed by atoms with E-state index in [1.54, 1.807) is 48.5 Å². The van der Waals surface area contributed by atoms with E-state index in [0.717, 1.165) is 17.1 Å². The molecule has 0 bridgehead atoms. The van der Waals surface area contributed by atoms with Crippen molar-refractivity contribution in [1.29, 1.82) is 0 Å². The molecule has 0 radical (unpaired) electrons. The van der Waals surface area contributed by atoms with Crippen LogP contribution in [0.2, 0.25) is 10.0 Å². The van der Waals surface area contributed by atoms with Gasteiger partial charge in [-0.3, -0.25) is 9.59 Å². The van der Waals surface area contributed by atoms with Crippen molar-refractivity contribution in [3.8, 4) is 22.9 Å². The molecule has 5 aromatic rings. The lowest BCUT2D eigenvalue weighted by Gasteiger charge is -2.13. The molecule has 0 aliphatic carbocycles. The van der Waals surface area contributed by atoms with Crippen molar-refractivity contribution >= 4 is 46.9 Å². The lowest BCUT2D eigenvalue weighted by molar-refractivity contribution is -0.118. The fraction of sp³-hybridized carbons (Fsp3) is 0.147. The highest BCUT2D eigenvalue weighted by Crippen LogP contribution is 2.36. The standard InChI is InChI=1S/C34H30Cl2N4O6/c1-21-4-5-22(2)40(21)26-10-12-27(13-11-26)44-19-28-14-15-30(46-28)34(42)39-37-18-23-16-29(36)33(31(17-23)43-3)45-20-32(41)38-25-8-6-24(35)7-9-25/h4-18H,19-20H2,1-3H3,(H,38,41)(H,39,42)/b37-18+. The average Bonchev–Trinajstić information content (AvgIpc) is 3.66. The van der Waals surface area contributed by atoms with Gasteiger partial charge in [-0.1, -0.05) is 23.2 Å². The van der Waals surface area contributed by atoms with Gasteiger partial charge in [-0.25, -0.2) is 5.43 Å². The fourth-order valence-corrected chi connectivity index (χ4v) is 4.94. The number of carbonyl (C=O) groups excluding carboxylic acids is 2. The minimum atomic E-state index is -0.547. The predicted molar refractivity (Wildman–Crippen MR) is 177 cm³/mol. The lowest BCUT2D eigenvalue weighted by atomic mass is 10.2. The molecule has 0 saturated carbocycles. The maximum absolute atomic E-state index is 12.6. The molecule has 2 aromatic heterocycles. The number of benzene rings is 3. The van der Waals surface area contributed by atoms with Crippen molar-refractivity contribution in [3.05, 3.63) is 123 Å². The van der Waals surface area contributed by atoms with Gasteiger partial charge in [-0.2, -0.15) is 5.10 Å². The molecule has 5 rings (SSSR count). The monoisotopic (exact) mass is 660 g/mol. The molecule has 0 atom stereocenters. The van der Waals surface area contributed by atoms with Crippen LogP contribution in [0.1, 0.15) is 33.3 Å². The minimum Gasteiger partial charge on any atom is -0.493 e. The third kappa shape index (κ3) is 8.09. The molecular weight excluding hydrogens is 631 g/mol. The SMILES string of the molecule is COc1cc(/C=N/NC(=O)c2ccc(COc3ccc(-n4c(C)ccc4C)cc3)o2)cc(Cl)c1OCC(=O)Nc1ccc(Cl)cc1. The summed E-state index contributed by atoms with van der Waals surface area (Å²) < 4.78 is 24.6. The molecule has 236 valence electrons. The number of hydrogen-bond donors (Lipinski definition) is 2. The van der Waals surface area contributed by atoms with Gasteiger partial charge in [0.25, 0.3) is 5.91 Å². The number of ether oxygens (including phenoxy) is 3. The molecule has 2 amide bonds. The zero-order valence-corrected chi connectivity index (χ0v) is 26.7. The molecule has 46 heavy (non-hydrogen) atoms. The molecule has 0 spiro atoms. The first-order valence-corrected chi connectivity index (χ1v) is 14.8. The smallest absolute Gasteiger partial charge is 0.307 e. The summed E-state index contributed by atoms with van der Waals surface area (Å²) >= 11 is 12.3. The zero-order valence-electron chi connectivity index (χ0n) is 25.2. The van der Waals surface area contributed by atoms with Gasteiger partial charge in [-0.05, 0) is 104 Å². The number of aryl methyl sites for hydroxylation is 2. The Morgan fingerprint density at radius 1 is 0.913 bits per heavy atom. The quantitative estimate of drug-likeness (QED) is 0.107. The summed E-state index contributed by atoms with van der Waals surface area (Å²) in [6.45, 7) is 3.96. The van der Waals surface area contributed by atoms with E-state index in [2.05, 4.69) is 46.4 Å². The highest BCUT2D eigenvalue weighted by molar-refractivity contribution is 6.32. The van der Waals surface area contributed by atoms with Crippen LogP contribution in [-0.2, 0) is 11.4 Å². The van der Waals surface area contributed by atoms with Gasteiger partial charge in [-0.15, -0.1) is 0 Å². The molecule has 0 saturated heterocycles. The number of aromatic nitrogens is 1. The van der Waals surface area contributed by atoms with Crippen molar-refractivity contribution in [2.45, 2.75) is 20.5 Å². The van der Waals surface area contributed by atoms with Crippen LogP contribution in [0.4, 0.5) is 5.69 Å². The van der Waals surface area contributed by atoms with Crippen LogP contribution in [-0.4, -0.2) is 36.3 Å². The van der Waals surface area contributed by atoms with Crippen molar-refractivity contribution < 1.29 is 28.2 Å². The Morgan fingerprint density at radius 2 is 1.63 bits per heavy atom. The Morgan fingerprint density at radius 3 is 2.33 bits per heavy atom. The predicted octanol–water partition coefficient (Wildman–Crippen LogP) is 7.36. The summed E-state index contributed by atoms with van der Waals surface area (Å²) in [6.07, 6.45) is 1.39. The fourth-order valence-electron chi connectivity index (χ4n) is 4.54. The van der Waals surface area contributed by atoms with E-state index in [4.69, 9.17) is 41.8 Å². The van der Waals surface area contributed by atoms with E-state index in [9.17, 15) is 9.59 Å². The summed E-state index contributed by atoms with van der Waals surface area (Å²) in [5.41, 5.74) is 6.85. The Hall–Kier alpha value is -5.19. The maximum Gasteiger partial charge on any atom is 0.307 e. The largest absolute Gasteiger partial charge is 0.493 e. The van der Waals surface area contributed by atoms with Crippen LogP contribution in [0.25, 0.3) is 5.69 Å². The molecule has 12 heteroatoms. The van der Waals surface area contributed by atoms with Crippen molar-refractivity contribution in [2.24, 2.45) is 5.10 Å². The Kier molecular flexibility index (Phi) is 10.3. The Labute approximate surface area is 275 Å². The first-order valence-electron chi connectivity index (χ1n) is 14.1. The molecule has 2 N–H and O–H groups in total. The molecule has 0 fully saturated rings. The number of hydrazone groups is 1. The van der Waals surface area contributed by atoms with Gasteiger partial charge in [0.05, 0.1) is 18.3 Å². The highest BCUT2D eigenvalue weighted by Gasteiger charge is 2.15. The number of anilines is 1. The normalized spacial score (nSPS) is 11.0. The van der Waals surface area contributed by atoms with Crippen LogP contribution in [0, 0.1) is 13.8 Å². The number of nitrogens with zero attached hydrogens (tertiary/aromatic N) is 2. The van der Waals surface area contributed by atoms with E-state index in [1.807, 2.05) is 24.3 Å². The summed E-state index contributed by atoms with van der Waals surface area (Å²) in [6, 6.07) is 24.9. The first-order chi connectivity index (χ1) is 22.2. The number of halogens is 2. The van der Waals surface area contributed by atoms with Gasteiger partial charge in [0.15, 0.2) is 23.9 Å². The number of amides is 2. The summed E-state index contributed by atoms with van der Waals surface area (Å²) in [4.78, 5) is 24.9. The van der Waals surface area contributed by atoms with Crippen LogP contribution in [0.5, 0.6) is 17.2 Å². The molecule has 10 nitrogen and oxygen atoms in total. The van der Waals surface area contributed by atoms with E-state index in [1.165, 1.54) is 13.3 Å². The highest BCUT2D eigenvalue weighted by atomic mass is 35.5. The van der Waals surface area contributed by atoms with E-state index < -0.39 is 11.8 Å². The van der Waals surface area contributed by atoms with Gasteiger partial charge in [0.2, 0.25) is 0 Å². The van der Waals surface area contributed by atoms with Crippen LogP contribution < -0.4 is 25.0 Å². The van der Waals surface area contributed by atoms with Crippen LogP contribution in [0.15, 0.2) is 94.4 Å². The third-order valence-electron chi connectivity index (χ3n) is 6.74. The van der Waals surface area contributed by atoms with E-state index in [0.29, 0.717) is 27.8 Å². The molecule has 0 aliphatic rings. The topological polar surface area (TPSA) is 116 Å².